The number of hydrogen-bond donors (Lipinski definition) is 1. The number of aryl methyl sites for hydroxylation is 1. The maximum Gasteiger partial charge on any atom is 0.0408 e. The van der Waals surface area contributed by atoms with Crippen LogP contribution < -0.4 is 5.32 Å². The van der Waals surface area contributed by atoms with Gasteiger partial charge in [-0.25, -0.2) is 0 Å². The van der Waals surface area contributed by atoms with Crippen molar-refractivity contribution in [2.75, 3.05) is 6.54 Å². The molecule has 0 spiro atoms. The average Bonchev–Trinajstić information content (AvgIpc) is 2.83. The number of fused-ring (bicyclic) bond motifs is 1. The topological polar surface area (TPSA) is 12.0 Å². The van der Waals surface area contributed by atoms with Crippen LogP contribution >= 0.6 is 11.6 Å². The molecule has 0 saturated heterocycles. The zero-order chi connectivity index (χ0) is 11.1. The summed E-state index contributed by atoms with van der Waals surface area (Å²) in [6.07, 6.45) is 3.82. The zero-order valence-corrected chi connectivity index (χ0v) is 10.4. The summed E-state index contributed by atoms with van der Waals surface area (Å²) in [7, 11) is 0. The first-order chi connectivity index (χ1) is 7.74. The molecule has 1 aromatic carbocycles. The van der Waals surface area contributed by atoms with Crippen LogP contribution in [-0.2, 0) is 6.42 Å². The maximum absolute atomic E-state index is 6.01. The Balaban J connectivity index is 1.66. The summed E-state index contributed by atoms with van der Waals surface area (Å²) >= 11 is 6.01. The first kappa shape index (κ1) is 10.6. The third-order valence-corrected chi connectivity index (χ3v) is 4.32. The highest BCUT2D eigenvalue weighted by molar-refractivity contribution is 6.30. The fourth-order valence-electron chi connectivity index (χ4n) is 2.78. The van der Waals surface area contributed by atoms with Gasteiger partial charge in [0.05, 0.1) is 0 Å². The lowest BCUT2D eigenvalue weighted by Crippen LogP contribution is -2.22. The molecule has 16 heavy (non-hydrogen) atoms. The molecule has 0 amide bonds. The van der Waals surface area contributed by atoms with E-state index in [1.807, 2.05) is 6.07 Å². The largest absolute Gasteiger partial charge is 0.310 e. The van der Waals surface area contributed by atoms with Crippen LogP contribution in [0.25, 0.3) is 0 Å². The molecule has 3 atom stereocenters. The van der Waals surface area contributed by atoms with Crippen LogP contribution in [0.2, 0.25) is 5.02 Å². The zero-order valence-electron chi connectivity index (χ0n) is 9.67. The van der Waals surface area contributed by atoms with E-state index in [1.54, 1.807) is 0 Å². The highest BCUT2D eigenvalue weighted by Gasteiger charge is 2.33. The number of benzene rings is 1. The van der Waals surface area contributed by atoms with E-state index in [1.165, 1.54) is 36.9 Å². The van der Waals surface area contributed by atoms with Crippen molar-refractivity contribution >= 4 is 11.6 Å². The molecule has 2 aliphatic rings. The van der Waals surface area contributed by atoms with Crippen LogP contribution in [0.4, 0.5) is 0 Å². The molecule has 0 aliphatic heterocycles. The van der Waals surface area contributed by atoms with Crippen LogP contribution in [-0.4, -0.2) is 6.54 Å². The Labute approximate surface area is 102 Å². The van der Waals surface area contributed by atoms with Gasteiger partial charge in [-0.15, -0.1) is 0 Å². The van der Waals surface area contributed by atoms with Gasteiger partial charge in [0.2, 0.25) is 0 Å². The van der Waals surface area contributed by atoms with Crippen molar-refractivity contribution in [1.82, 2.24) is 5.32 Å². The van der Waals surface area contributed by atoms with Crippen molar-refractivity contribution in [2.24, 2.45) is 11.8 Å². The predicted molar refractivity (Wildman–Crippen MR) is 67.8 cm³/mol. The Kier molecular flexibility index (Phi) is 2.68. The van der Waals surface area contributed by atoms with Gasteiger partial charge < -0.3 is 5.32 Å². The molecule has 0 aromatic heterocycles. The smallest absolute Gasteiger partial charge is 0.0408 e. The van der Waals surface area contributed by atoms with Gasteiger partial charge in [0, 0.05) is 11.1 Å². The fourth-order valence-corrected chi connectivity index (χ4v) is 2.97. The van der Waals surface area contributed by atoms with Gasteiger partial charge in [-0.2, -0.15) is 0 Å². The van der Waals surface area contributed by atoms with Gasteiger partial charge in [0.1, 0.15) is 0 Å². The Morgan fingerprint density at radius 3 is 3.00 bits per heavy atom. The van der Waals surface area contributed by atoms with E-state index in [0.29, 0.717) is 6.04 Å². The van der Waals surface area contributed by atoms with Gasteiger partial charge in [-0.1, -0.05) is 24.6 Å². The Hall–Kier alpha value is -0.530. The third kappa shape index (κ3) is 1.99. The van der Waals surface area contributed by atoms with E-state index in [4.69, 9.17) is 11.6 Å². The summed E-state index contributed by atoms with van der Waals surface area (Å²) in [6.45, 7) is 3.53. The molecule has 0 heterocycles. The van der Waals surface area contributed by atoms with Crippen LogP contribution in [0.15, 0.2) is 18.2 Å². The van der Waals surface area contributed by atoms with E-state index < -0.39 is 0 Å². The number of halogens is 1. The van der Waals surface area contributed by atoms with E-state index >= 15 is 0 Å². The second-order valence-corrected chi connectivity index (χ2v) is 5.75. The van der Waals surface area contributed by atoms with Crippen molar-refractivity contribution in [3.63, 3.8) is 0 Å². The summed E-state index contributed by atoms with van der Waals surface area (Å²) in [6, 6.07) is 6.90. The van der Waals surface area contributed by atoms with Gasteiger partial charge in [-0.3, -0.25) is 0 Å². The van der Waals surface area contributed by atoms with Gasteiger partial charge >= 0.3 is 0 Å². The van der Waals surface area contributed by atoms with Crippen LogP contribution in [0.1, 0.15) is 36.9 Å². The molecule has 0 radical (unpaired) electrons. The average molecular weight is 236 g/mol. The number of rotatable bonds is 3. The van der Waals surface area contributed by atoms with Crippen LogP contribution in [0.5, 0.6) is 0 Å². The lowest BCUT2D eigenvalue weighted by atomic mass is 10.1. The summed E-state index contributed by atoms with van der Waals surface area (Å²) in [4.78, 5) is 0. The molecule has 1 nitrogen and oxygen atoms in total. The second-order valence-electron chi connectivity index (χ2n) is 5.32. The Bertz CT molecular complexity index is 402. The van der Waals surface area contributed by atoms with E-state index in [0.717, 1.165) is 16.9 Å². The van der Waals surface area contributed by atoms with Gasteiger partial charge in [0.15, 0.2) is 0 Å². The van der Waals surface area contributed by atoms with E-state index in [9.17, 15) is 0 Å². The molecule has 1 fully saturated rings. The molecule has 0 bridgehead atoms. The second kappa shape index (κ2) is 4.05. The van der Waals surface area contributed by atoms with Crippen molar-refractivity contribution in [3.05, 3.63) is 34.3 Å². The van der Waals surface area contributed by atoms with E-state index in [-0.39, 0.29) is 0 Å². The van der Waals surface area contributed by atoms with E-state index in [2.05, 4.69) is 24.4 Å². The summed E-state index contributed by atoms with van der Waals surface area (Å²) in [5, 5.41) is 4.58. The summed E-state index contributed by atoms with van der Waals surface area (Å²) in [5.41, 5.74) is 2.91. The van der Waals surface area contributed by atoms with Crippen molar-refractivity contribution in [1.29, 1.82) is 0 Å². The highest BCUT2D eigenvalue weighted by atomic mass is 35.5. The first-order valence-electron chi connectivity index (χ1n) is 6.26. The molecule has 86 valence electrons. The summed E-state index contributed by atoms with van der Waals surface area (Å²) < 4.78 is 0. The number of hydrogen-bond acceptors (Lipinski definition) is 1. The van der Waals surface area contributed by atoms with Gasteiger partial charge in [0.25, 0.3) is 0 Å². The SMILES string of the molecule is CC1CC1CNC1CCc2cc(Cl)ccc21. The lowest BCUT2D eigenvalue weighted by Gasteiger charge is -2.13. The molecular weight excluding hydrogens is 218 g/mol. The standard InChI is InChI=1S/C14H18ClN/c1-9-6-11(9)8-16-14-5-2-10-7-12(15)3-4-13(10)14/h3-4,7,9,11,14,16H,2,5-6,8H2,1H3. The van der Waals surface area contributed by atoms with Crippen LogP contribution in [0.3, 0.4) is 0 Å². The Morgan fingerprint density at radius 1 is 1.44 bits per heavy atom. The lowest BCUT2D eigenvalue weighted by molar-refractivity contribution is 0.502. The van der Waals surface area contributed by atoms with Crippen molar-refractivity contribution in [3.8, 4) is 0 Å². The third-order valence-electron chi connectivity index (χ3n) is 4.09. The Morgan fingerprint density at radius 2 is 2.25 bits per heavy atom. The quantitative estimate of drug-likeness (QED) is 0.845. The fraction of sp³-hybridized carbons (Fsp3) is 0.571. The summed E-state index contributed by atoms with van der Waals surface area (Å²) in [5.74, 6) is 1.87. The molecule has 1 N–H and O–H groups in total. The molecule has 3 unspecified atom stereocenters. The maximum atomic E-state index is 6.01. The van der Waals surface area contributed by atoms with Crippen molar-refractivity contribution in [2.45, 2.75) is 32.2 Å². The predicted octanol–water partition coefficient (Wildman–Crippen LogP) is 3.57. The molecule has 1 aromatic rings. The number of nitrogens with one attached hydrogen (secondary N) is 1. The molecule has 1 saturated carbocycles. The first-order valence-corrected chi connectivity index (χ1v) is 6.63. The molecule has 3 rings (SSSR count). The van der Waals surface area contributed by atoms with Crippen LogP contribution in [0, 0.1) is 11.8 Å². The molecular formula is C14H18ClN. The van der Waals surface area contributed by atoms with Crippen molar-refractivity contribution < 1.29 is 0 Å². The molecule has 2 aliphatic carbocycles. The minimum absolute atomic E-state index is 0.570. The normalized spacial score (nSPS) is 31.5. The minimum Gasteiger partial charge on any atom is -0.310 e. The highest BCUT2D eigenvalue weighted by Crippen LogP contribution is 2.38. The minimum atomic E-state index is 0.570. The molecule has 2 heteroatoms. The monoisotopic (exact) mass is 235 g/mol. The van der Waals surface area contributed by atoms with Gasteiger partial charge in [-0.05, 0) is 60.9 Å².